The maximum atomic E-state index is 12.1. The van der Waals surface area contributed by atoms with Crippen molar-refractivity contribution in [2.45, 2.75) is 6.54 Å². The molecule has 7 nitrogen and oxygen atoms in total. The van der Waals surface area contributed by atoms with Crippen LogP contribution in [0.15, 0.2) is 63.1 Å². The fourth-order valence-corrected chi connectivity index (χ4v) is 2.66. The van der Waals surface area contributed by atoms with Crippen molar-refractivity contribution in [3.05, 3.63) is 85.5 Å². The van der Waals surface area contributed by atoms with Crippen LogP contribution in [0.2, 0.25) is 5.02 Å². The molecule has 0 aliphatic carbocycles. The standard InChI is InChI=1S/C19H16ClN3O4/c1-27-14-7-4-6-13(9-14)21-10-15-17(24)22-19(26)23(18(15)25)11-12-5-2-3-8-16(12)20/h2-10,25H,11H2,1H3,(H,22,24,26). The predicted molar refractivity (Wildman–Crippen MR) is 104 cm³/mol. The summed E-state index contributed by atoms with van der Waals surface area (Å²) in [6.07, 6.45) is 1.20. The number of ether oxygens (including phenoxy) is 1. The van der Waals surface area contributed by atoms with E-state index in [1.54, 1.807) is 48.5 Å². The van der Waals surface area contributed by atoms with Crippen LogP contribution in [0.4, 0.5) is 5.69 Å². The lowest BCUT2D eigenvalue weighted by Crippen LogP contribution is -2.32. The van der Waals surface area contributed by atoms with Gasteiger partial charge in [-0.2, -0.15) is 0 Å². The van der Waals surface area contributed by atoms with E-state index in [0.717, 1.165) is 4.57 Å². The van der Waals surface area contributed by atoms with Crippen molar-refractivity contribution in [3.63, 3.8) is 0 Å². The molecule has 0 fully saturated rings. The molecule has 27 heavy (non-hydrogen) atoms. The van der Waals surface area contributed by atoms with Crippen molar-refractivity contribution >= 4 is 23.5 Å². The topological polar surface area (TPSA) is 96.7 Å². The Hall–Kier alpha value is -3.32. The Bertz CT molecular complexity index is 1120. The van der Waals surface area contributed by atoms with E-state index in [9.17, 15) is 14.7 Å². The highest BCUT2D eigenvalue weighted by Crippen LogP contribution is 2.21. The molecule has 0 aliphatic rings. The Kier molecular flexibility index (Phi) is 5.42. The van der Waals surface area contributed by atoms with Gasteiger partial charge in [-0.3, -0.25) is 19.3 Å². The van der Waals surface area contributed by atoms with Gasteiger partial charge < -0.3 is 9.84 Å². The third kappa shape index (κ3) is 4.09. The minimum atomic E-state index is -0.740. The van der Waals surface area contributed by atoms with Gasteiger partial charge in [-0.05, 0) is 23.8 Å². The first-order valence-corrected chi connectivity index (χ1v) is 8.35. The van der Waals surface area contributed by atoms with Gasteiger partial charge in [0.1, 0.15) is 11.3 Å². The second-order valence-corrected chi connectivity index (χ2v) is 6.04. The molecular weight excluding hydrogens is 370 g/mol. The lowest BCUT2D eigenvalue weighted by Gasteiger charge is -2.10. The van der Waals surface area contributed by atoms with Gasteiger partial charge in [0.2, 0.25) is 5.88 Å². The average Bonchev–Trinajstić information content (AvgIpc) is 2.66. The van der Waals surface area contributed by atoms with E-state index in [1.165, 1.54) is 13.3 Å². The zero-order chi connectivity index (χ0) is 19.4. The molecule has 0 atom stereocenters. The number of rotatable bonds is 5. The van der Waals surface area contributed by atoms with Crippen molar-refractivity contribution in [2.24, 2.45) is 4.99 Å². The number of halogens is 1. The molecule has 0 saturated carbocycles. The summed E-state index contributed by atoms with van der Waals surface area (Å²) in [5.74, 6) is 0.113. The number of nitrogens with one attached hydrogen (secondary N) is 1. The number of hydrogen-bond acceptors (Lipinski definition) is 5. The van der Waals surface area contributed by atoms with Crippen LogP contribution in [-0.4, -0.2) is 28.0 Å². The summed E-state index contributed by atoms with van der Waals surface area (Å²) in [5, 5.41) is 10.9. The average molecular weight is 386 g/mol. The number of methoxy groups -OCH3 is 1. The first-order chi connectivity index (χ1) is 13.0. The number of aliphatic imine (C=N–C) groups is 1. The number of aromatic nitrogens is 2. The van der Waals surface area contributed by atoms with E-state index in [4.69, 9.17) is 16.3 Å². The zero-order valence-electron chi connectivity index (χ0n) is 14.3. The molecule has 0 amide bonds. The summed E-state index contributed by atoms with van der Waals surface area (Å²) >= 11 is 6.11. The molecule has 1 aromatic heterocycles. The molecule has 0 saturated heterocycles. The van der Waals surface area contributed by atoms with Crippen molar-refractivity contribution < 1.29 is 9.84 Å². The van der Waals surface area contributed by atoms with Crippen LogP contribution in [0.5, 0.6) is 11.6 Å². The summed E-state index contributed by atoms with van der Waals surface area (Å²) in [6, 6.07) is 13.8. The smallest absolute Gasteiger partial charge is 0.331 e. The number of aromatic hydroxyl groups is 1. The molecule has 0 spiro atoms. The lowest BCUT2D eigenvalue weighted by atomic mass is 10.2. The molecule has 3 aromatic rings. The first kappa shape index (κ1) is 18.5. The predicted octanol–water partition coefficient (Wildman–Crippen LogP) is 2.70. The van der Waals surface area contributed by atoms with Crippen molar-refractivity contribution in [3.8, 4) is 11.6 Å². The van der Waals surface area contributed by atoms with Gasteiger partial charge in [-0.1, -0.05) is 35.9 Å². The minimum Gasteiger partial charge on any atom is -0.497 e. The van der Waals surface area contributed by atoms with Gasteiger partial charge in [0.25, 0.3) is 5.56 Å². The van der Waals surface area contributed by atoms with Gasteiger partial charge in [0.15, 0.2) is 0 Å². The Morgan fingerprint density at radius 1 is 1.22 bits per heavy atom. The van der Waals surface area contributed by atoms with E-state index >= 15 is 0 Å². The van der Waals surface area contributed by atoms with Crippen LogP contribution in [-0.2, 0) is 6.54 Å². The molecule has 0 unspecified atom stereocenters. The third-order valence-corrected chi connectivity index (χ3v) is 4.26. The largest absolute Gasteiger partial charge is 0.497 e. The summed E-state index contributed by atoms with van der Waals surface area (Å²) < 4.78 is 6.14. The van der Waals surface area contributed by atoms with Gasteiger partial charge in [0.05, 0.1) is 19.3 Å². The number of hydrogen-bond donors (Lipinski definition) is 2. The first-order valence-electron chi connectivity index (χ1n) is 7.97. The highest BCUT2D eigenvalue weighted by Gasteiger charge is 2.14. The van der Waals surface area contributed by atoms with Gasteiger partial charge in [-0.15, -0.1) is 0 Å². The summed E-state index contributed by atoms with van der Waals surface area (Å²) in [7, 11) is 1.53. The van der Waals surface area contributed by atoms with Crippen LogP contribution in [0.1, 0.15) is 11.1 Å². The Labute approximate surface area is 159 Å². The molecule has 8 heteroatoms. The summed E-state index contributed by atoms with van der Waals surface area (Å²) in [5.41, 5.74) is -0.462. The molecule has 0 bridgehead atoms. The van der Waals surface area contributed by atoms with E-state index < -0.39 is 17.1 Å². The van der Waals surface area contributed by atoms with E-state index in [1.807, 2.05) is 0 Å². The highest BCUT2D eigenvalue weighted by molar-refractivity contribution is 6.31. The maximum Gasteiger partial charge on any atom is 0.331 e. The molecule has 2 N–H and O–H groups in total. The zero-order valence-corrected chi connectivity index (χ0v) is 15.1. The Balaban J connectivity index is 2.01. The molecule has 0 aliphatic heterocycles. The van der Waals surface area contributed by atoms with Gasteiger partial charge >= 0.3 is 5.69 Å². The normalized spacial score (nSPS) is 11.0. The maximum absolute atomic E-state index is 12.1. The fourth-order valence-electron chi connectivity index (χ4n) is 2.46. The Morgan fingerprint density at radius 2 is 2.00 bits per heavy atom. The SMILES string of the molecule is COc1cccc(N=Cc2c(O)n(Cc3ccccc3Cl)c(=O)[nH]c2=O)c1. The van der Waals surface area contributed by atoms with E-state index in [-0.39, 0.29) is 12.1 Å². The van der Waals surface area contributed by atoms with Crippen molar-refractivity contribution in [2.75, 3.05) is 7.11 Å². The lowest BCUT2D eigenvalue weighted by molar-refractivity contribution is 0.408. The number of nitrogens with zero attached hydrogens (tertiary/aromatic N) is 2. The number of H-pyrrole nitrogens is 1. The van der Waals surface area contributed by atoms with Gasteiger partial charge in [0, 0.05) is 17.3 Å². The second kappa shape index (κ2) is 7.92. The number of benzene rings is 2. The van der Waals surface area contributed by atoms with Gasteiger partial charge in [-0.25, -0.2) is 4.79 Å². The second-order valence-electron chi connectivity index (χ2n) is 5.63. The van der Waals surface area contributed by atoms with Crippen LogP contribution in [0, 0.1) is 0 Å². The highest BCUT2D eigenvalue weighted by atomic mass is 35.5. The molecular formula is C19H16ClN3O4. The molecule has 138 valence electrons. The van der Waals surface area contributed by atoms with Crippen molar-refractivity contribution in [1.29, 1.82) is 0 Å². The summed E-state index contributed by atoms with van der Waals surface area (Å²) in [6.45, 7) is 0.00111. The van der Waals surface area contributed by atoms with Crippen LogP contribution in [0.3, 0.4) is 0 Å². The Morgan fingerprint density at radius 3 is 2.74 bits per heavy atom. The van der Waals surface area contributed by atoms with E-state index in [2.05, 4.69) is 9.98 Å². The minimum absolute atomic E-state index is 0.00111. The van der Waals surface area contributed by atoms with E-state index in [0.29, 0.717) is 22.0 Å². The molecule has 0 radical (unpaired) electrons. The summed E-state index contributed by atoms with van der Waals surface area (Å²) in [4.78, 5) is 30.6. The molecule has 3 rings (SSSR count). The quantitative estimate of drug-likeness (QED) is 0.660. The molecule has 2 aromatic carbocycles. The number of aromatic amines is 1. The third-order valence-electron chi connectivity index (χ3n) is 3.89. The molecule has 1 heterocycles. The van der Waals surface area contributed by atoms with Crippen molar-refractivity contribution in [1.82, 2.24) is 9.55 Å². The van der Waals surface area contributed by atoms with Crippen LogP contribution < -0.4 is 16.0 Å². The fraction of sp³-hybridized carbons (Fsp3) is 0.105. The van der Waals surface area contributed by atoms with Crippen LogP contribution >= 0.6 is 11.6 Å². The van der Waals surface area contributed by atoms with Crippen LogP contribution in [0.25, 0.3) is 0 Å². The monoisotopic (exact) mass is 385 g/mol.